The largest absolute Gasteiger partial charge is 0.352 e. The van der Waals surface area contributed by atoms with Crippen LogP contribution in [0.3, 0.4) is 0 Å². The van der Waals surface area contributed by atoms with E-state index in [0.29, 0.717) is 16.3 Å². The lowest BCUT2D eigenvalue weighted by molar-refractivity contribution is -0.139. The van der Waals surface area contributed by atoms with Crippen molar-refractivity contribution < 1.29 is 18.0 Å². The Morgan fingerprint density at radius 3 is 2.36 bits per heavy atom. The van der Waals surface area contributed by atoms with E-state index in [1.54, 1.807) is 31.2 Å². The first-order chi connectivity index (χ1) is 17.0. The van der Waals surface area contributed by atoms with E-state index < -0.39 is 28.5 Å². The second-order valence-corrected chi connectivity index (χ2v) is 12.0. The van der Waals surface area contributed by atoms with Gasteiger partial charge in [-0.25, -0.2) is 8.42 Å². The number of hydrogen-bond donors (Lipinski definition) is 1. The molecule has 9 heteroatoms. The fraction of sp³-hybridized carbons (Fsp3) is 0.481. The summed E-state index contributed by atoms with van der Waals surface area (Å²) in [4.78, 5) is 28.3. The number of amides is 2. The van der Waals surface area contributed by atoms with Crippen molar-refractivity contribution in [2.24, 2.45) is 0 Å². The number of carbonyl (C=O) groups excluding carboxylic acids is 2. The average molecular weight is 534 g/mol. The molecular formula is C27H36ClN3O4S. The number of rotatable bonds is 9. The zero-order chi connectivity index (χ0) is 26.5. The van der Waals surface area contributed by atoms with Crippen LogP contribution >= 0.6 is 11.6 Å². The molecule has 2 aromatic carbocycles. The minimum absolute atomic E-state index is 0.0856. The maximum absolute atomic E-state index is 13.7. The molecule has 2 aromatic rings. The fourth-order valence-electron chi connectivity index (χ4n) is 4.64. The van der Waals surface area contributed by atoms with Gasteiger partial charge in [-0.2, -0.15) is 0 Å². The number of nitrogens with zero attached hydrogens (tertiary/aromatic N) is 2. The van der Waals surface area contributed by atoms with E-state index in [1.807, 2.05) is 32.0 Å². The molecule has 1 aliphatic carbocycles. The van der Waals surface area contributed by atoms with Gasteiger partial charge in [0.2, 0.25) is 21.8 Å². The number of hydrogen-bond acceptors (Lipinski definition) is 4. The monoisotopic (exact) mass is 533 g/mol. The summed E-state index contributed by atoms with van der Waals surface area (Å²) in [6, 6.07) is 11.8. The first-order valence-electron chi connectivity index (χ1n) is 12.4. The maximum Gasteiger partial charge on any atom is 0.244 e. The van der Waals surface area contributed by atoms with Gasteiger partial charge in [-0.1, -0.05) is 66.8 Å². The normalized spacial score (nSPS) is 15.2. The van der Waals surface area contributed by atoms with E-state index >= 15 is 0 Å². The molecule has 2 amide bonds. The molecule has 0 spiro atoms. The topological polar surface area (TPSA) is 86.8 Å². The summed E-state index contributed by atoms with van der Waals surface area (Å²) in [6.07, 6.45) is 6.23. The van der Waals surface area contributed by atoms with Crippen LogP contribution in [0.1, 0.15) is 55.7 Å². The SMILES string of the molecule is Cc1ccc(N(CC(=O)N(Cc2ccccc2Cl)C(C)C(=O)NC2CCCCC2)S(C)(=O)=O)c(C)c1. The van der Waals surface area contributed by atoms with E-state index in [1.165, 1.54) is 11.3 Å². The van der Waals surface area contributed by atoms with Gasteiger partial charge in [0.1, 0.15) is 12.6 Å². The van der Waals surface area contributed by atoms with Crippen LogP contribution in [0.25, 0.3) is 0 Å². The van der Waals surface area contributed by atoms with Gasteiger partial charge >= 0.3 is 0 Å². The van der Waals surface area contributed by atoms with Gasteiger partial charge < -0.3 is 10.2 Å². The summed E-state index contributed by atoms with van der Waals surface area (Å²) in [5.41, 5.74) is 2.86. The molecule has 0 heterocycles. The highest BCUT2D eigenvalue weighted by atomic mass is 35.5. The molecule has 1 unspecified atom stereocenters. The molecule has 1 saturated carbocycles. The quantitative estimate of drug-likeness (QED) is 0.511. The lowest BCUT2D eigenvalue weighted by Crippen LogP contribution is -2.53. The Balaban J connectivity index is 1.90. The van der Waals surface area contributed by atoms with Gasteiger partial charge in [-0.05, 0) is 56.9 Å². The van der Waals surface area contributed by atoms with Crippen molar-refractivity contribution in [2.45, 2.75) is 71.5 Å². The molecule has 0 saturated heterocycles. The molecule has 0 aromatic heterocycles. The third-order valence-corrected chi connectivity index (χ3v) is 8.21. The molecule has 0 radical (unpaired) electrons. The van der Waals surface area contributed by atoms with Crippen LogP contribution in [0.4, 0.5) is 5.69 Å². The number of sulfonamides is 1. The highest BCUT2D eigenvalue weighted by Gasteiger charge is 2.31. The van der Waals surface area contributed by atoms with E-state index in [9.17, 15) is 18.0 Å². The summed E-state index contributed by atoms with van der Waals surface area (Å²) in [7, 11) is -3.77. The Morgan fingerprint density at radius 2 is 1.75 bits per heavy atom. The lowest BCUT2D eigenvalue weighted by atomic mass is 9.95. The van der Waals surface area contributed by atoms with Crippen LogP contribution in [0.15, 0.2) is 42.5 Å². The summed E-state index contributed by atoms with van der Waals surface area (Å²) >= 11 is 6.38. The number of halogens is 1. The van der Waals surface area contributed by atoms with Gasteiger partial charge in [0.15, 0.2) is 0 Å². The zero-order valence-electron chi connectivity index (χ0n) is 21.5. The molecule has 3 rings (SSSR count). The van der Waals surface area contributed by atoms with Gasteiger partial charge in [-0.3, -0.25) is 13.9 Å². The molecule has 1 aliphatic rings. The second-order valence-electron chi connectivity index (χ2n) is 9.69. The highest BCUT2D eigenvalue weighted by molar-refractivity contribution is 7.92. The maximum atomic E-state index is 13.7. The molecule has 1 N–H and O–H groups in total. The molecular weight excluding hydrogens is 498 g/mol. The molecule has 36 heavy (non-hydrogen) atoms. The molecule has 0 bridgehead atoms. The molecule has 0 aliphatic heterocycles. The minimum Gasteiger partial charge on any atom is -0.352 e. The smallest absolute Gasteiger partial charge is 0.244 e. The summed E-state index contributed by atoms with van der Waals surface area (Å²) < 4.78 is 26.6. The predicted molar refractivity (Wildman–Crippen MR) is 145 cm³/mol. The van der Waals surface area contributed by atoms with Crippen molar-refractivity contribution >= 4 is 39.1 Å². The zero-order valence-corrected chi connectivity index (χ0v) is 23.0. The Morgan fingerprint density at radius 1 is 1.08 bits per heavy atom. The van der Waals surface area contributed by atoms with E-state index in [-0.39, 0.29) is 18.5 Å². The van der Waals surface area contributed by atoms with Gasteiger partial charge in [0, 0.05) is 17.6 Å². The predicted octanol–water partition coefficient (Wildman–Crippen LogP) is 4.59. The van der Waals surface area contributed by atoms with Crippen molar-refractivity contribution in [3.8, 4) is 0 Å². The first kappa shape index (κ1) is 28.0. The lowest BCUT2D eigenvalue weighted by Gasteiger charge is -2.33. The fourth-order valence-corrected chi connectivity index (χ4v) is 5.74. The number of nitrogens with one attached hydrogen (secondary N) is 1. The molecule has 7 nitrogen and oxygen atoms in total. The highest BCUT2D eigenvalue weighted by Crippen LogP contribution is 2.25. The molecule has 1 fully saturated rings. The van der Waals surface area contributed by atoms with E-state index in [0.717, 1.165) is 47.4 Å². The Labute approximate surface area is 219 Å². The number of aryl methyl sites for hydroxylation is 2. The van der Waals surface area contributed by atoms with Crippen LogP contribution in [0.5, 0.6) is 0 Å². The van der Waals surface area contributed by atoms with Crippen LogP contribution < -0.4 is 9.62 Å². The number of carbonyl (C=O) groups is 2. The second kappa shape index (κ2) is 12.1. The Kier molecular flexibility index (Phi) is 9.41. The third-order valence-electron chi connectivity index (χ3n) is 6.72. The Bertz CT molecular complexity index is 1200. The van der Waals surface area contributed by atoms with Crippen LogP contribution in [0.2, 0.25) is 5.02 Å². The van der Waals surface area contributed by atoms with E-state index in [2.05, 4.69) is 5.32 Å². The first-order valence-corrected chi connectivity index (χ1v) is 14.6. The van der Waals surface area contributed by atoms with Crippen molar-refractivity contribution in [3.63, 3.8) is 0 Å². The average Bonchev–Trinajstić information content (AvgIpc) is 2.82. The standard InChI is InChI=1S/C27H36ClN3O4S/c1-19-14-15-25(20(2)16-19)31(36(4,34)35)18-26(32)30(17-22-10-8-9-13-24(22)28)21(3)27(33)29-23-11-6-5-7-12-23/h8-10,13-16,21,23H,5-7,11-12,17-18H2,1-4H3,(H,29,33). The minimum atomic E-state index is -3.77. The van der Waals surface area contributed by atoms with Crippen LogP contribution in [-0.2, 0) is 26.2 Å². The third kappa shape index (κ3) is 7.23. The summed E-state index contributed by atoms with van der Waals surface area (Å²) in [5.74, 6) is -0.730. The van der Waals surface area contributed by atoms with Crippen molar-refractivity contribution in [1.29, 1.82) is 0 Å². The van der Waals surface area contributed by atoms with E-state index in [4.69, 9.17) is 11.6 Å². The number of anilines is 1. The van der Waals surface area contributed by atoms with Crippen LogP contribution in [-0.4, -0.2) is 50.0 Å². The van der Waals surface area contributed by atoms with Crippen molar-refractivity contribution in [3.05, 3.63) is 64.2 Å². The Hall–Kier alpha value is -2.58. The number of benzene rings is 2. The van der Waals surface area contributed by atoms with Crippen molar-refractivity contribution in [2.75, 3.05) is 17.1 Å². The summed E-state index contributed by atoms with van der Waals surface area (Å²) in [6.45, 7) is 5.07. The van der Waals surface area contributed by atoms with Gasteiger partial charge in [0.05, 0.1) is 11.9 Å². The molecule has 196 valence electrons. The van der Waals surface area contributed by atoms with Gasteiger partial charge in [-0.15, -0.1) is 0 Å². The van der Waals surface area contributed by atoms with Crippen molar-refractivity contribution in [1.82, 2.24) is 10.2 Å². The summed E-state index contributed by atoms with van der Waals surface area (Å²) in [5, 5.41) is 3.56. The molecule has 1 atom stereocenters. The van der Waals surface area contributed by atoms with Gasteiger partial charge in [0.25, 0.3) is 0 Å². The van der Waals surface area contributed by atoms with Crippen LogP contribution in [0, 0.1) is 13.8 Å².